The van der Waals surface area contributed by atoms with Crippen LogP contribution in [0.15, 0.2) is 42.5 Å². The van der Waals surface area contributed by atoms with E-state index in [4.69, 9.17) is 4.74 Å². The largest absolute Gasteiger partial charge is 0.496 e. The van der Waals surface area contributed by atoms with Crippen LogP contribution in [-0.4, -0.2) is 29.4 Å². The summed E-state index contributed by atoms with van der Waals surface area (Å²) in [6, 6.07) is 14.2. The number of aryl methyl sites for hydroxylation is 1. The van der Waals surface area contributed by atoms with Crippen LogP contribution in [0, 0.1) is 12.8 Å². The fourth-order valence-corrected chi connectivity index (χ4v) is 4.61. The van der Waals surface area contributed by atoms with Crippen LogP contribution in [-0.2, 0) is 12.0 Å². The number of H-pyrrole nitrogens is 1. The lowest BCUT2D eigenvalue weighted by atomic mass is 9.73. The van der Waals surface area contributed by atoms with Gasteiger partial charge in [-0.15, -0.1) is 0 Å². The summed E-state index contributed by atoms with van der Waals surface area (Å²) in [5.74, 6) is 1.11. The molecule has 0 spiro atoms. The Bertz CT molecular complexity index is 1050. The van der Waals surface area contributed by atoms with Crippen molar-refractivity contribution in [3.63, 3.8) is 0 Å². The van der Waals surface area contributed by atoms with E-state index in [0.29, 0.717) is 5.69 Å². The van der Waals surface area contributed by atoms with Gasteiger partial charge in [0.05, 0.1) is 12.6 Å². The molecule has 2 aromatic carbocycles. The number of nitrogens with one attached hydrogen (secondary N) is 1. The molecule has 1 N–H and O–H groups in total. The Balaban J connectivity index is 1.81. The number of aromatic amines is 1. The minimum Gasteiger partial charge on any atom is -0.496 e. The molecule has 1 aromatic heterocycles. The summed E-state index contributed by atoms with van der Waals surface area (Å²) < 4.78 is 5.46. The fraction of sp³-hybridized carbons (Fsp3) is 0.375. The van der Waals surface area contributed by atoms with Gasteiger partial charge in [-0.1, -0.05) is 38.1 Å². The average molecular weight is 377 g/mol. The molecule has 2 heterocycles. The number of hydrogen-bond acceptors (Lipinski definition) is 2. The van der Waals surface area contributed by atoms with E-state index < -0.39 is 0 Å². The molecule has 28 heavy (non-hydrogen) atoms. The van der Waals surface area contributed by atoms with E-state index >= 15 is 0 Å². The van der Waals surface area contributed by atoms with Gasteiger partial charge in [-0.3, -0.25) is 4.79 Å². The Hall–Kier alpha value is -2.75. The van der Waals surface area contributed by atoms with Crippen molar-refractivity contribution in [2.45, 2.75) is 39.7 Å². The zero-order valence-corrected chi connectivity index (χ0v) is 17.3. The van der Waals surface area contributed by atoms with Crippen LogP contribution < -0.4 is 4.74 Å². The lowest BCUT2D eigenvalue weighted by molar-refractivity contribution is 0.0305. The van der Waals surface area contributed by atoms with Crippen LogP contribution in [0.4, 0.5) is 0 Å². The smallest absolute Gasteiger partial charge is 0.271 e. The number of rotatable bonds is 3. The number of carbonyl (C=O) groups is 1. The molecule has 0 saturated heterocycles. The van der Waals surface area contributed by atoms with Gasteiger partial charge in [0.25, 0.3) is 5.91 Å². The molecule has 1 atom stereocenters. The van der Waals surface area contributed by atoms with Crippen LogP contribution in [0.1, 0.15) is 48.0 Å². The summed E-state index contributed by atoms with van der Waals surface area (Å²) in [5, 5.41) is 0.938. The van der Waals surface area contributed by atoms with E-state index in [1.54, 1.807) is 7.11 Å². The van der Waals surface area contributed by atoms with Crippen LogP contribution in [0.3, 0.4) is 0 Å². The van der Waals surface area contributed by atoms with Gasteiger partial charge in [0.1, 0.15) is 11.4 Å². The second kappa shape index (κ2) is 6.69. The summed E-state index contributed by atoms with van der Waals surface area (Å²) >= 11 is 0. The number of hydrogen-bond donors (Lipinski definition) is 1. The van der Waals surface area contributed by atoms with E-state index in [1.807, 2.05) is 24.3 Å². The van der Waals surface area contributed by atoms with E-state index in [0.717, 1.165) is 29.6 Å². The third-order valence-electron chi connectivity index (χ3n) is 6.55. The Morgan fingerprint density at radius 1 is 1.21 bits per heavy atom. The third-order valence-corrected chi connectivity index (χ3v) is 6.55. The van der Waals surface area contributed by atoms with Crippen molar-refractivity contribution < 1.29 is 9.53 Å². The second-order valence-corrected chi connectivity index (χ2v) is 8.21. The highest BCUT2D eigenvalue weighted by molar-refractivity contribution is 6.00. The number of methoxy groups -OCH3 is 1. The number of carbonyl (C=O) groups excluding carboxylic acids is 1. The molecule has 0 radical (unpaired) electrons. The van der Waals surface area contributed by atoms with Crippen molar-refractivity contribution in [1.82, 2.24) is 9.88 Å². The highest BCUT2D eigenvalue weighted by Gasteiger charge is 2.44. The van der Waals surface area contributed by atoms with Crippen LogP contribution in [0.2, 0.25) is 0 Å². The maximum absolute atomic E-state index is 13.6. The normalized spacial score (nSPS) is 19.1. The van der Waals surface area contributed by atoms with Crippen molar-refractivity contribution in [3.8, 4) is 5.75 Å². The van der Waals surface area contributed by atoms with Gasteiger partial charge in [-0.2, -0.15) is 0 Å². The zero-order chi connectivity index (χ0) is 20.1. The SMILES string of the molecule is COc1cccc2[nH]c(C(=O)N3CCc4c(C)cccc4C3(C)C(C)C)cc12. The summed E-state index contributed by atoms with van der Waals surface area (Å²) in [5.41, 5.74) is 5.16. The van der Waals surface area contributed by atoms with Crippen LogP contribution in [0.25, 0.3) is 10.9 Å². The van der Waals surface area contributed by atoms with E-state index in [2.05, 4.69) is 55.8 Å². The topological polar surface area (TPSA) is 45.3 Å². The fourth-order valence-electron chi connectivity index (χ4n) is 4.61. The number of aromatic nitrogens is 1. The lowest BCUT2D eigenvalue weighted by Gasteiger charge is -2.49. The molecule has 1 unspecified atom stereocenters. The molecule has 0 aliphatic carbocycles. The molecule has 0 bridgehead atoms. The number of amides is 1. The van der Waals surface area contributed by atoms with Gasteiger partial charge in [-0.05, 0) is 61.1 Å². The highest BCUT2D eigenvalue weighted by Crippen LogP contribution is 2.43. The maximum atomic E-state index is 13.6. The third kappa shape index (κ3) is 2.62. The van der Waals surface area contributed by atoms with Crippen molar-refractivity contribution in [2.75, 3.05) is 13.7 Å². The van der Waals surface area contributed by atoms with Crippen LogP contribution >= 0.6 is 0 Å². The quantitative estimate of drug-likeness (QED) is 0.695. The maximum Gasteiger partial charge on any atom is 0.271 e. The molecular formula is C24H28N2O2. The average Bonchev–Trinajstić information content (AvgIpc) is 3.12. The van der Waals surface area contributed by atoms with E-state index in [-0.39, 0.29) is 17.4 Å². The number of nitrogens with zero attached hydrogens (tertiary/aromatic N) is 1. The summed E-state index contributed by atoms with van der Waals surface area (Å²) in [7, 11) is 1.66. The highest BCUT2D eigenvalue weighted by atomic mass is 16.5. The van der Waals surface area contributed by atoms with Crippen molar-refractivity contribution >= 4 is 16.8 Å². The summed E-state index contributed by atoms with van der Waals surface area (Å²) in [6.07, 6.45) is 0.888. The first-order valence-electron chi connectivity index (χ1n) is 9.94. The standard InChI is InChI=1S/C24H28N2O2/c1-15(2)24(4)19-9-6-8-16(3)17(19)12-13-26(24)23(27)21-14-18-20(25-21)10-7-11-22(18)28-5/h6-11,14-15,25H,12-13H2,1-5H3. The van der Waals surface area contributed by atoms with Crippen molar-refractivity contribution in [3.05, 3.63) is 64.8 Å². The minimum absolute atomic E-state index is 0.0432. The molecule has 4 nitrogen and oxygen atoms in total. The number of benzene rings is 2. The molecule has 146 valence electrons. The molecule has 1 amide bonds. The van der Waals surface area contributed by atoms with E-state index in [9.17, 15) is 4.79 Å². The molecule has 4 rings (SSSR count). The van der Waals surface area contributed by atoms with E-state index in [1.165, 1.54) is 16.7 Å². The Labute approximate surface area is 166 Å². The molecular weight excluding hydrogens is 348 g/mol. The van der Waals surface area contributed by atoms with Crippen molar-refractivity contribution in [2.24, 2.45) is 5.92 Å². The predicted octanol–water partition coefficient (Wildman–Crippen LogP) is 5.05. The molecule has 4 heteroatoms. The molecule has 0 saturated carbocycles. The monoisotopic (exact) mass is 376 g/mol. The Morgan fingerprint density at radius 2 is 1.96 bits per heavy atom. The van der Waals surface area contributed by atoms with Crippen molar-refractivity contribution in [1.29, 1.82) is 0 Å². The van der Waals surface area contributed by atoms with Gasteiger partial charge in [0, 0.05) is 17.4 Å². The number of fused-ring (bicyclic) bond motifs is 2. The first kappa shape index (κ1) is 18.6. The first-order chi connectivity index (χ1) is 13.4. The summed E-state index contributed by atoms with van der Waals surface area (Å²) in [6.45, 7) is 9.49. The lowest BCUT2D eigenvalue weighted by Crippen LogP contribution is -2.54. The Kier molecular flexibility index (Phi) is 4.45. The van der Waals surface area contributed by atoms with Gasteiger partial charge in [-0.25, -0.2) is 0 Å². The molecule has 1 aliphatic rings. The molecule has 1 aliphatic heterocycles. The van der Waals surface area contributed by atoms with Crippen LogP contribution in [0.5, 0.6) is 5.75 Å². The first-order valence-corrected chi connectivity index (χ1v) is 9.94. The van der Waals surface area contributed by atoms with Gasteiger partial charge in [0.2, 0.25) is 0 Å². The van der Waals surface area contributed by atoms with Gasteiger partial charge in [0.15, 0.2) is 0 Å². The second-order valence-electron chi connectivity index (χ2n) is 8.21. The van der Waals surface area contributed by atoms with Gasteiger partial charge >= 0.3 is 0 Å². The minimum atomic E-state index is -0.349. The van der Waals surface area contributed by atoms with Gasteiger partial charge < -0.3 is 14.6 Å². The zero-order valence-electron chi connectivity index (χ0n) is 17.3. The molecule has 0 fully saturated rings. The Morgan fingerprint density at radius 3 is 2.68 bits per heavy atom. The summed E-state index contributed by atoms with van der Waals surface area (Å²) in [4.78, 5) is 19.0. The number of ether oxygens (including phenoxy) is 1. The molecule has 3 aromatic rings. The predicted molar refractivity (Wildman–Crippen MR) is 113 cm³/mol.